The monoisotopic (exact) mass is 1870 g/mol. The minimum absolute atomic E-state index is 0.0201. The number of carbonyl (C=O) groups excluding carboxylic acids is 4. The zero-order chi connectivity index (χ0) is 96.9. The Morgan fingerprint density at radius 2 is 0.805 bits per heavy atom. The Labute approximate surface area is 781 Å². The summed E-state index contributed by atoms with van der Waals surface area (Å²) in [6.45, 7) is 45.7. The molecule has 9 aromatic heterocycles. The molecule has 0 bridgehead atoms. The molecule has 133 heavy (non-hydrogen) atoms. The molecule has 3 aromatic carbocycles. The van der Waals surface area contributed by atoms with Crippen LogP contribution < -0.4 is 36.7 Å². The Morgan fingerprint density at radius 1 is 0.444 bits per heavy atom. The smallest absolute Gasteiger partial charge is 0.349 e. The number of alkyl halides is 3. The second kappa shape index (κ2) is 39.4. The highest BCUT2D eigenvalue weighted by molar-refractivity contribution is 6.35. The van der Waals surface area contributed by atoms with Gasteiger partial charge in [0.2, 0.25) is 29.6 Å². The molecule has 12 aromatic rings. The number of aryl methyl sites for hydroxylation is 2. The first kappa shape index (κ1) is 97.5. The van der Waals surface area contributed by atoms with Gasteiger partial charge < -0.3 is 29.4 Å². The lowest BCUT2D eigenvalue weighted by Gasteiger charge is -2.44. The summed E-state index contributed by atoms with van der Waals surface area (Å²) in [6.07, 6.45) is 2.70. The van der Waals surface area contributed by atoms with Crippen LogP contribution in [-0.4, -0.2) is 184 Å². The van der Waals surface area contributed by atoms with Gasteiger partial charge in [-0.3, -0.25) is 34.0 Å². The number of nitrogens with zero attached hydrogens (tertiary/aromatic N) is 20. The molecule has 3 fully saturated rings. The van der Waals surface area contributed by atoms with E-state index in [9.17, 15) is 51.1 Å². The second-order valence-electron chi connectivity index (χ2n) is 35.0. The number of rotatable bonds is 17. The van der Waals surface area contributed by atoms with E-state index in [1.807, 2.05) is 132 Å². The van der Waals surface area contributed by atoms with Gasteiger partial charge in [-0.15, -0.1) is 0 Å². The van der Waals surface area contributed by atoms with Crippen molar-refractivity contribution in [3.63, 3.8) is 0 Å². The number of piperazine rings is 3. The fraction of sp³-hybridized carbons (Fsp3) is 0.357. The second-order valence-corrected chi connectivity index (χ2v) is 36.2. The van der Waals surface area contributed by atoms with Crippen molar-refractivity contribution in [1.82, 2.24) is 78.2 Å². The van der Waals surface area contributed by atoms with Crippen LogP contribution in [0.4, 0.5) is 45.4 Å². The lowest BCUT2D eigenvalue weighted by Crippen LogP contribution is -2.58. The molecule has 0 spiro atoms. The molecular formula is C98H104Cl3F5N20O7. The molecule has 6 atom stereocenters. The van der Waals surface area contributed by atoms with Crippen LogP contribution in [0.5, 0.6) is 0 Å². The maximum Gasteiger partial charge on any atom is 0.416 e. The van der Waals surface area contributed by atoms with Crippen molar-refractivity contribution in [2.45, 2.75) is 184 Å². The zero-order valence-corrected chi connectivity index (χ0v) is 79.4. The summed E-state index contributed by atoms with van der Waals surface area (Å²) >= 11 is 20.5. The van der Waals surface area contributed by atoms with Crippen molar-refractivity contribution in [3.8, 4) is 50.8 Å². The summed E-state index contributed by atoms with van der Waals surface area (Å²) in [4.78, 5) is 152. The van der Waals surface area contributed by atoms with Crippen LogP contribution in [0.1, 0.15) is 167 Å². The third kappa shape index (κ3) is 19.3. The largest absolute Gasteiger partial charge is 0.416 e. The fourth-order valence-corrected chi connectivity index (χ4v) is 18.0. The van der Waals surface area contributed by atoms with Crippen LogP contribution in [0.15, 0.2) is 168 Å². The number of hydrogen-bond acceptors (Lipinski definition) is 20. The van der Waals surface area contributed by atoms with Crippen molar-refractivity contribution in [3.05, 3.63) is 251 Å². The number of aromatic nitrogens is 13. The number of hydrogen-bond donors (Lipinski definition) is 0. The minimum Gasteiger partial charge on any atom is -0.349 e. The normalized spacial score (nSPS) is 17.1. The van der Waals surface area contributed by atoms with Crippen LogP contribution in [0.3, 0.4) is 0 Å². The van der Waals surface area contributed by atoms with E-state index in [4.69, 9.17) is 59.7 Å². The number of halogens is 8. The zero-order valence-electron chi connectivity index (χ0n) is 77.2. The van der Waals surface area contributed by atoms with E-state index in [1.54, 1.807) is 88.7 Å². The summed E-state index contributed by atoms with van der Waals surface area (Å²) in [5.41, 5.74) is 5.23. The molecule has 3 saturated heterocycles. The van der Waals surface area contributed by atoms with E-state index >= 15 is 4.39 Å². The summed E-state index contributed by atoms with van der Waals surface area (Å²) in [6, 6.07) is 24.2. The summed E-state index contributed by atoms with van der Waals surface area (Å²) in [7, 11) is 1.60. The van der Waals surface area contributed by atoms with E-state index in [0.29, 0.717) is 129 Å². The Morgan fingerprint density at radius 3 is 1.17 bits per heavy atom. The maximum absolute atomic E-state index is 15.2. The topological polar surface area (TPSA) is 286 Å². The van der Waals surface area contributed by atoms with Crippen LogP contribution in [-0.2, 0) is 25.4 Å². The third-order valence-corrected chi connectivity index (χ3v) is 25.0. The first-order valence-electron chi connectivity index (χ1n) is 43.7. The Hall–Kier alpha value is -13.1. The highest BCUT2D eigenvalue weighted by atomic mass is 35.5. The molecule has 0 N–H and O–H groups in total. The van der Waals surface area contributed by atoms with Gasteiger partial charge in [0.25, 0.3) is 0 Å². The van der Waals surface area contributed by atoms with Gasteiger partial charge in [0.1, 0.15) is 29.1 Å². The number of amides is 4. The average Bonchev–Trinajstić information content (AvgIpc) is 0.728. The predicted molar refractivity (Wildman–Crippen MR) is 512 cm³/mol. The van der Waals surface area contributed by atoms with E-state index in [0.717, 1.165) is 29.0 Å². The molecule has 3 aliphatic rings. The summed E-state index contributed by atoms with van der Waals surface area (Å²) in [5, 5.41) is 2.08. The summed E-state index contributed by atoms with van der Waals surface area (Å²) < 4.78 is 74.0. The molecule has 694 valence electrons. The molecule has 15 rings (SSSR count). The number of pyridine rings is 5. The van der Waals surface area contributed by atoms with Gasteiger partial charge in [-0.1, -0.05) is 134 Å². The highest BCUT2D eigenvalue weighted by Crippen LogP contribution is 2.44. The Kier molecular flexibility index (Phi) is 28.9. The van der Waals surface area contributed by atoms with Crippen LogP contribution in [0, 0.1) is 25.5 Å². The van der Waals surface area contributed by atoms with Gasteiger partial charge in [-0.2, -0.15) is 28.1 Å². The molecule has 12 heterocycles. The van der Waals surface area contributed by atoms with E-state index < -0.39 is 34.6 Å². The van der Waals surface area contributed by atoms with Crippen LogP contribution in [0.25, 0.3) is 83.9 Å². The number of benzene rings is 3. The highest BCUT2D eigenvalue weighted by Gasteiger charge is 2.40. The van der Waals surface area contributed by atoms with Gasteiger partial charge in [0.15, 0.2) is 16.9 Å². The van der Waals surface area contributed by atoms with Crippen molar-refractivity contribution in [2.75, 3.05) is 65.9 Å². The quantitative estimate of drug-likeness (QED) is 0.0604. The molecular weight excluding hydrogens is 1770 g/mol. The van der Waals surface area contributed by atoms with Crippen molar-refractivity contribution >= 4 is 115 Å². The molecule has 3 aliphatic heterocycles. The van der Waals surface area contributed by atoms with Crippen LogP contribution in [0.2, 0.25) is 15.1 Å². The fourth-order valence-electron chi connectivity index (χ4n) is 17.2. The van der Waals surface area contributed by atoms with Crippen molar-refractivity contribution in [2.24, 2.45) is 0 Å². The molecule has 35 heteroatoms. The third-order valence-electron chi connectivity index (χ3n) is 24.1. The van der Waals surface area contributed by atoms with Gasteiger partial charge in [-0.25, -0.2) is 61.8 Å². The van der Waals surface area contributed by atoms with E-state index in [-0.39, 0.29) is 139 Å². The minimum atomic E-state index is -4.57. The predicted octanol–water partition coefficient (Wildman–Crippen LogP) is 18.1. The number of carbonyl (C=O) groups is 4. The number of anilines is 4. The van der Waals surface area contributed by atoms with Gasteiger partial charge in [0, 0.05) is 119 Å². The van der Waals surface area contributed by atoms with Crippen molar-refractivity contribution < 1.29 is 41.1 Å². The lowest BCUT2D eigenvalue weighted by atomic mass is 10.0. The molecule has 27 nitrogen and oxygen atoms in total. The molecule has 0 radical (unpaired) electrons. The SMILES string of the molecule is C=CC(=O)N1CC(C)N(c2nc(=O)n(-c3c(C(C)C)nc(N(C)C(C)=O)nc3C(C)C)c3nc(-c4ccccc4F)c(Cl)cc23)CC1C.C=CC(=O)N1CC(C)N(c2nc(=O)n(-c3c(C)ccnc3C(C)C)c3nc(-c4ccc(F)cc4)c(Cl)cc23)CC1C.C=CC(=O)N1CC(C)N(c2nc(=O)n(-c3c(C)ccnc3C(C)C)c3nc(-c4cccc(C(F)(F)F)c4)c(Cl)cc23)CC1C. The molecule has 6 unspecified atom stereocenters. The molecule has 0 aliphatic carbocycles. The van der Waals surface area contributed by atoms with Crippen LogP contribution >= 0.6 is 34.8 Å². The first-order valence-corrected chi connectivity index (χ1v) is 44.8. The maximum atomic E-state index is 15.2. The lowest BCUT2D eigenvalue weighted by molar-refractivity contribution is -0.137. The Balaban J connectivity index is 0.000000170. The van der Waals surface area contributed by atoms with Gasteiger partial charge in [0.05, 0.1) is 93.7 Å². The number of fused-ring (bicyclic) bond motifs is 3. The van der Waals surface area contributed by atoms with Gasteiger partial charge >= 0.3 is 23.2 Å². The van der Waals surface area contributed by atoms with E-state index in [2.05, 4.69) is 44.7 Å². The summed E-state index contributed by atoms with van der Waals surface area (Å²) in [5.74, 6) is -0.813. The molecule has 0 saturated carbocycles. The Bertz CT molecular complexity index is 6800. The molecule has 4 amide bonds. The first-order chi connectivity index (χ1) is 62.9. The standard InChI is InChI=1S/C35H40ClFN8O3.C32H32ClF3N6O2.C31H32ClFN6O2/c1-10-27(47)43-16-21(7)44(17-20(43)6)32-24-15-25(36)30(23-13-11-12-14-26(23)37)38-33(24)45(35(48)41-32)31-28(18(2)3)39-34(42(9)22(8)46)40-29(31)19(4)5;1-7-25(43)40-15-20(6)41(16-19(40)5)29-23-14-24(33)27(21-9-8-10-22(13-21)32(34,35)36)38-30(23)42(31(44)39-29)28-18(4)11-12-37-26(28)17(2)3;1-7-25(40)37-15-20(6)38(16-19(37)5)29-23-14-24(32)27(21-8-10-22(33)11-9-21)35-30(23)39(31(41)36-29)28-18(4)12-13-34-26(28)17(2)3/h10-15,18-21H,1,16-17H2,2-9H3;7-14,17,19-20H,1,15-16H2,2-6H3;7-14,17,19-20H,1,15-16H2,2-6H3. The van der Waals surface area contributed by atoms with Gasteiger partial charge in [-0.05, 0) is 187 Å². The van der Waals surface area contributed by atoms with E-state index in [1.165, 1.54) is 74.1 Å². The van der Waals surface area contributed by atoms with Crippen molar-refractivity contribution in [1.29, 1.82) is 0 Å². The average molecular weight is 1880 g/mol.